The number of aromatic amines is 1. The molecule has 15 heavy (non-hydrogen) atoms. The first-order chi connectivity index (χ1) is 7.25. The number of halogens is 1. The molecule has 1 amide bonds. The minimum absolute atomic E-state index is 0.109. The zero-order valence-electron chi connectivity index (χ0n) is 7.53. The Balaban J connectivity index is 1.93. The Bertz CT molecular complexity index is 453. The molecular formula is C8H7BrN4OS. The van der Waals surface area contributed by atoms with E-state index in [4.69, 9.17) is 0 Å². The Morgan fingerprint density at radius 3 is 3.07 bits per heavy atom. The maximum absolute atomic E-state index is 11.6. The molecule has 0 aliphatic heterocycles. The second kappa shape index (κ2) is 4.54. The Morgan fingerprint density at radius 2 is 2.47 bits per heavy atom. The summed E-state index contributed by atoms with van der Waals surface area (Å²) in [4.78, 5) is 16.1. The Labute approximate surface area is 98.1 Å². The van der Waals surface area contributed by atoms with Gasteiger partial charge in [-0.25, -0.2) is 4.98 Å². The summed E-state index contributed by atoms with van der Waals surface area (Å²) >= 11 is 4.69. The topological polar surface area (TPSA) is 70.7 Å². The molecule has 5 nitrogen and oxygen atoms in total. The van der Waals surface area contributed by atoms with E-state index in [0.717, 1.165) is 3.79 Å². The van der Waals surface area contributed by atoms with E-state index >= 15 is 0 Å². The molecule has 2 N–H and O–H groups in total. The van der Waals surface area contributed by atoms with E-state index in [1.54, 1.807) is 6.07 Å². The molecule has 0 spiro atoms. The number of aromatic nitrogens is 3. The predicted octanol–water partition coefficient (Wildman–Crippen LogP) is 1.56. The minimum Gasteiger partial charge on any atom is -0.344 e. The number of nitrogens with one attached hydrogen (secondary N) is 2. The van der Waals surface area contributed by atoms with Crippen LogP contribution in [-0.4, -0.2) is 21.1 Å². The minimum atomic E-state index is -0.109. The molecule has 2 heterocycles. The van der Waals surface area contributed by atoms with Crippen molar-refractivity contribution < 1.29 is 4.79 Å². The molecule has 0 unspecified atom stereocenters. The number of carbonyl (C=O) groups is 1. The zero-order valence-corrected chi connectivity index (χ0v) is 9.93. The van der Waals surface area contributed by atoms with Gasteiger partial charge in [-0.3, -0.25) is 9.89 Å². The number of hydrogen-bond acceptors (Lipinski definition) is 4. The van der Waals surface area contributed by atoms with Gasteiger partial charge in [-0.15, -0.1) is 11.3 Å². The van der Waals surface area contributed by atoms with Crippen LogP contribution in [-0.2, 0) is 6.54 Å². The number of H-pyrrole nitrogens is 1. The number of rotatable bonds is 3. The lowest BCUT2D eigenvalue weighted by Gasteiger charge is -1.99. The number of nitrogens with zero attached hydrogens (tertiary/aromatic N) is 2. The van der Waals surface area contributed by atoms with Crippen LogP contribution in [0.5, 0.6) is 0 Å². The highest BCUT2D eigenvalue weighted by molar-refractivity contribution is 9.11. The van der Waals surface area contributed by atoms with Gasteiger partial charge in [0.25, 0.3) is 5.91 Å². The molecule has 2 aromatic heterocycles. The molecule has 0 atom stereocenters. The first-order valence-corrected chi connectivity index (χ1v) is 5.74. The van der Waals surface area contributed by atoms with Gasteiger partial charge >= 0.3 is 0 Å². The molecule has 7 heteroatoms. The molecule has 0 saturated carbocycles. The summed E-state index contributed by atoms with van der Waals surface area (Å²) in [5.41, 5.74) is 0. The molecule has 78 valence electrons. The highest BCUT2D eigenvalue weighted by Gasteiger charge is 2.08. The second-order valence-corrected chi connectivity index (χ2v) is 5.18. The maximum atomic E-state index is 11.6. The van der Waals surface area contributed by atoms with Crippen molar-refractivity contribution in [3.05, 3.63) is 32.9 Å². The molecule has 0 aliphatic carbocycles. The zero-order chi connectivity index (χ0) is 10.7. The van der Waals surface area contributed by atoms with Crippen molar-refractivity contribution >= 4 is 33.2 Å². The maximum Gasteiger partial charge on any atom is 0.261 e. The number of amides is 1. The lowest BCUT2D eigenvalue weighted by Crippen LogP contribution is -2.22. The largest absolute Gasteiger partial charge is 0.344 e. The smallest absolute Gasteiger partial charge is 0.261 e. The Hall–Kier alpha value is -1.21. The van der Waals surface area contributed by atoms with E-state index < -0.39 is 0 Å². The fraction of sp³-hybridized carbons (Fsp3) is 0.125. The summed E-state index contributed by atoms with van der Waals surface area (Å²) in [5.74, 6) is 0.529. The molecule has 0 radical (unpaired) electrons. The normalized spacial score (nSPS) is 10.2. The highest BCUT2D eigenvalue weighted by atomic mass is 79.9. The van der Waals surface area contributed by atoms with Gasteiger partial charge in [0.1, 0.15) is 12.2 Å². The molecule has 0 fully saturated rings. The monoisotopic (exact) mass is 286 g/mol. The van der Waals surface area contributed by atoms with Crippen molar-refractivity contribution in [2.45, 2.75) is 6.54 Å². The van der Waals surface area contributed by atoms with Crippen LogP contribution in [0, 0.1) is 0 Å². The van der Waals surface area contributed by atoms with Gasteiger partial charge in [-0.1, -0.05) is 0 Å². The van der Waals surface area contributed by atoms with E-state index in [0.29, 0.717) is 17.2 Å². The average Bonchev–Trinajstić information content (AvgIpc) is 2.84. The van der Waals surface area contributed by atoms with Crippen LogP contribution in [0.4, 0.5) is 0 Å². The van der Waals surface area contributed by atoms with Crippen molar-refractivity contribution in [1.82, 2.24) is 20.5 Å². The quantitative estimate of drug-likeness (QED) is 0.900. The summed E-state index contributed by atoms with van der Waals surface area (Å²) in [6, 6.07) is 3.61. The van der Waals surface area contributed by atoms with Crippen molar-refractivity contribution in [1.29, 1.82) is 0 Å². The third-order valence-electron chi connectivity index (χ3n) is 1.68. The van der Waals surface area contributed by atoms with Crippen molar-refractivity contribution in [3.63, 3.8) is 0 Å². The third kappa shape index (κ3) is 2.63. The standard InChI is InChI=1S/C8H7BrN4OS/c9-6-2-1-5(15-6)8(14)10-3-7-11-4-12-13-7/h1-2,4H,3H2,(H,10,14)(H,11,12,13). The molecule has 0 saturated heterocycles. The van der Waals surface area contributed by atoms with Crippen molar-refractivity contribution in [3.8, 4) is 0 Å². The molecule has 2 rings (SSSR count). The summed E-state index contributed by atoms with van der Waals surface area (Å²) in [7, 11) is 0. The highest BCUT2D eigenvalue weighted by Crippen LogP contribution is 2.21. The summed E-state index contributed by atoms with van der Waals surface area (Å²) in [5, 5.41) is 9.08. The number of carbonyl (C=O) groups excluding carboxylic acids is 1. The fourth-order valence-electron chi connectivity index (χ4n) is 1.00. The Morgan fingerprint density at radius 1 is 1.60 bits per heavy atom. The van der Waals surface area contributed by atoms with E-state index in [-0.39, 0.29) is 5.91 Å². The van der Waals surface area contributed by atoms with Crippen LogP contribution in [0.25, 0.3) is 0 Å². The first-order valence-electron chi connectivity index (χ1n) is 4.13. The predicted molar refractivity (Wildman–Crippen MR) is 59.6 cm³/mol. The first kappa shape index (κ1) is 10.3. The third-order valence-corrected chi connectivity index (χ3v) is 3.30. The van der Waals surface area contributed by atoms with Crippen LogP contribution < -0.4 is 5.32 Å². The lowest BCUT2D eigenvalue weighted by molar-refractivity contribution is 0.0954. The summed E-state index contributed by atoms with van der Waals surface area (Å²) in [6.45, 7) is 0.356. The number of hydrogen-bond donors (Lipinski definition) is 2. The van der Waals surface area contributed by atoms with E-state index in [1.165, 1.54) is 17.7 Å². The van der Waals surface area contributed by atoms with Gasteiger partial charge in [-0.05, 0) is 28.1 Å². The lowest BCUT2D eigenvalue weighted by atomic mass is 10.4. The van der Waals surface area contributed by atoms with Gasteiger partial charge in [0.2, 0.25) is 0 Å². The molecule has 0 bridgehead atoms. The van der Waals surface area contributed by atoms with Gasteiger partial charge < -0.3 is 5.32 Å². The van der Waals surface area contributed by atoms with E-state index in [9.17, 15) is 4.79 Å². The average molecular weight is 287 g/mol. The second-order valence-electron chi connectivity index (χ2n) is 2.72. The SMILES string of the molecule is O=C(NCc1ncn[nH]1)c1ccc(Br)s1. The molecule has 0 aromatic carbocycles. The molecule has 2 aromatic rings. The van der Waals surface area contributed by atoms with Crippen LogP contribution in [0.3, 0.4) is 0 Å². The summed E-state index contributed by atoms with van der Waals surface area (Å²) < 4.78 is 0.937. The van der Waals surface area contributed by atoms with Gasteiger partial charge in [0, 0.05) is 0 Å². The van der Waals surface area contributed by atoms with Crippen LogP contribution in [0.2, 0.25) is 0 Å². The molecule has 0 aliphatic rings. The van der Waals surface area contributed by atoms with E-state index in [1.807, 2.05) is 6.07 Å². The van der Waals surface area contributed by atoms with Crippen molar-refractivity contribution in [2.24, 2.45) is 0 Å². The van der Waals surface area contributed by atoms with Gasteiger partial charge in [0.15, 0.2) is 0 Å². The van der Waals surface area contributed by atoms with Crippen LogP contribution >= 0.6 is 27.3 Å². The van der Waals surface area contributed by atoms with Crippen LogP contribution in [0.1, 0.15) is 15.5 Å². The summed E-state index contributed by atoms with van der Waals surface area (Å²) in [6.07, 6.45) is 1.41. The molecular weight excluding hydrogens is 280 g/mol. The Kier molecular flexibility index (Phi) is 3.12. The fourth-order valence-corrected chi connectivity index (χ4v) is 2.31. The van der Waals surface area contributed by atoms with E-state index in [2.05, 4.69) is 36.4 Å². The van der Waals surface area contributed by atoms with Gasteiger partial charge in [0.05, 0.1) is 15.2 Å². The number of thiophene rings is 1. The van der Waals surface area contributed by atoms with Gasteiger partial charge in [-0.2, -0.15) is 5.10 Å². The van der Waals surface area contributed by atoms with Crippen molar-refractivity contribution in [2.75, 3.05) is 0 Å². The van der Waals surface area contributed by atoms with Crippen LogP contribution in [0.15, 0.2) is 22.2 Å².